The quantitative estimate of drug-likeness (QED) is 0.708. The van der Waals surface area contributed by atoms with Crippen molar-refractivity contribution in [1.82, 2.24) is 0 Å². The Balaban J connectivity index is 1.89. The average Bonchev–Trinajstić information content (AvgIpc) is 2.41. The molecule has 1 aromatic rings. The fraction of sp³-hybridized carbons (Fsp3) is 0.538. The third kappa shape index (κ3) is 3.57. The van der Waals surface area contributed by atoms with Crippen LogP contribution in [0.3, 0.4) is 0 Å². The summed E-state index contributed by atoms with van der Waals surface area (Å²) in [4.78, 5) is 0. The first-order valence-corrected chi connectivity index (χ1v) is 6.06. The van der Waals surface area contributed by atoms with Gasteiger partial charge in [0.25, 0.3) is 0 Å². The summed E-state index contributed by atoms with van der Waals surface area (Å²) in [5, 5.41) is 28.6. The Bertz CT molecular complexity index is 393. The van der Waals surface area contributed by atoms with E-state index in [1.807, 2.05) is 0 Å². The van der Waals surface area contributed by atoms with E-state index in [9.17, 15) is 15.3 Å². The van der Waals surface area contributed by atoms with Gasteiger partial charge in [-0.15, -0.1) is 0 Å². The Morgan fingerprint density at radius 3 is 2.42 bits per heavy atom. The molecule has 0 aliphatic carbocycles. The molecule has 106 valence electrons. The van der Waals surface area contributed by atoms with Crippen molar-refractivity contribution >= 4 is 0 Å². The number of aliphatic hydroxyl groups is 3. The van der Waals surface area contributed by atoms with E-state index < -0.39 is 24.6 Å². The van der Waals surface area contributed by atoms with Crippen LogP contribution in [0.25, 0.3) is 0 Å². The zero-order valence-electron chi connectivity index (χ0n) is 10.6. The predicted octanol–water partition coefficient (Wildman–Crippen LogP) is -0.0969. The Morgan fingerprint density at radius 2 is 1.79 bits per heavy atom. The molecule has 1 aromatic carbocycles. The van der Waals surface area contributed by atoms with E-state index in [4.69, 9.17) is 14.2 Å². The van der Waals surface area contributed by atoms with Crippen LogP contribution >= 0.6 is 0 Å². The summed E-state index contributed by atoms with van der Waals surface area (Å²) < 4.78 is 15.6. The highest BCUT2D eigenvalue weighted by atomic mass is 16.6. The molecule has 0 unspecified atom stereocenters. The maximum Gasteiger partial charge on any atom is 0.157 e. The van der Waals surface area contributed by atoms with Crippen molar-refractivity contribution in [2.45, 2.75) is 31.0 Å². The molecule has 1 heterocycles. The van der Waals surface area contributed by atoms with Gasteiger partial charge in [0.05, 0.1) is 13.2 Å². The average molecular weight is 270 g/mol. The SMILES string of the molecule is COc1ccc(OC[C@H]2O[C@H](O)C[C@H](O)[C@@H]2O)cc1. The van der Waals surface area contributed by atoms with Crippen molar-refractivity contribution in [1.29, 1.82) is 0 Å². The van der Waals surface area contributed by atoms with Crippen LogP contribution in [0, 0.1) is 0 Å². The van der Waals surface area contributed by atoms with Gasteiger partial charge in [0.15, 0.2) is 6.29 Å². The number of methoxy groups -OCH3 is 1. The molecule has 0 amide bonds. The number of rotatable bonds is 4. The van der Waals surface area contributed by atoms with E-state index in [1.165, 1.54) is 0 Å². The van der Waals surface area contributed by atoms with E-state index >= 15 is 0 Å². The number of aliphatic hydroxyl groups excluding tert-OH is 3. The third-order valence-electron chi connectivity index (χ3n) is 3.02. The normalized spacial score (nSPS) is 30.9. The van der Waals surface area contributed by atoms with Gasteiger partial charge in [-0.2, -0.15) is 0 Å². The number of hydrogen-bond donors (Lipinski definition) is 3. The molecule has 0 bridgehead atoms. The van der Waals surface area contributed by atoms with Crippen LogP contribution in [0.15, 0.2) is 24.3 Å². The van der Waals surface area contributed by atoms with Crippen molar-refractivity contribution < 1.29 is 29.5 Å². The molecule has 19 heavy (non-hydrogen) atoms. The predicted molar refractivity (Wildman–Crippen MR) is 66.0 cm³/mol. The molecule has 1 aliphatic heterocycles. The monoisotopic (exact) mass is 270 g/mol. The highest BCUT2D eigenvalue weighted by Gasteiger charge is 2.36. The fourth-order valence-electron chi connectivity index (χ4n) is 1.92. The first-order chi connectivity index (χ1) is 9.10. The molecule has 0 aromatic heterocycles. The molecule has 0 radical (unpaired) electrons. The number of ether oxygens (including phenoxy) is 3. The van der Waals surface area contributed by atoms with E-state index in [2.05, 4.69) is 0 Å². The second-order valence-electron chi connectivity index (χ2n) is 4.41. The van der Waals surface area contributed by atoms with E-state index in [-0.39, 0.29) is 13.0 Å². The molecular formula is C13H18O6. The lowest BCUT2D eigenvalue weighted by Crippen LogP contribution is -2.50. The minimum absolute atomic E-state index is 0.000201. The van der Waals surface area contributed by atoms with Gasteiger partial charge < -0.3 is 29.5 Å². The van der Waals surface area contributed by atoms with Crippen molar-refractivity contribution in [3.8, 4) is 11.5 Å². The van der Waals surface area contributed by atoms with Crippen LogP contribution in [0.4, 0.5) is 0 Å². The van der Waals surface area contributed by atoms with E-state index in [0.717, 1.165) is 0 Å². The summed E-state index contributed by atoms with van der Waals surface area (Å²) in [5.74, 6) is 1.30. The topological polar surface area (TPSA) is 88.4 Å². The molecule has 1 aliphatic rings. The molecule has 4 atom stereocenters. The van der Waals surface area contributed by atoms with Crippen molar-refractivity contribution in [2.24, 2.45) is 0 Å². The Hall–Kier alpha value is -1.34. The maximum absolute atomic E-state index is 9.73. The second-order valence-corrected chi connectivity index (χ2v) is 4.41. The van der Waals surface area contributed by atoms with Gasteiger partial charge in [0, 0.05) is 6.42 Å². The van der Waals surface area contributed by atoms with E-state index in [0.29, 0.717) is 11.5 Å². The summed E-state index contributed by atoms with van der Waals surface area (Å²) in [5.41, 5.74) is 0. The van der Waals surface area contributed by atoms with Crippen molar-refractivity contribution in [2.75, 3.05) is 13.7 Å². The van der Waals surface area contributed by atoms with Crippen LogP contribution in [-0.4, -0.2) is 53.6 Å². The summed E-state index contributed by atoms with van der Waals surface area (Å²) in [7, 11) is 1.57. The van der Waals surface area contributed by atoms with Crippen LogP contribution in [0.1, 0.15) is 6.42 Å². The first-order valence-electron chi connectivity index (χ1n) is 6.06. The van der Waals surface area contributed by atoms with Crippen molar-refractivity contribution in [3.63, 3.8) is 0 Å². The molecule has 0 saturated carbocycles. The minimum atomic E-state index is -1.08. The van der Waals surface area contributed by atoms with Crippen molar-refractivity contribution in [3.05, 3.63) is 24.3 Å². The molecule has 0 spiro atoms. The zero-order valence-corrected chi connectivity index (χ0v) is 10.6. The van der Waals surface area contributed by atoms with Gasteiger partial charge in [0.1, 0.15) is 30.3 Å². The smallest absolute Gasteiger partial charge is 0.157 e. The van der Waals surface area contributed by atoms with E-state index in [1.54, 1.807) is 31.4 Å². The maximum atomic E-state index is 9.73. The Kier molecular flexibility index (Phi) is 4.60. The van der Waals surface area contributed by atoms with Gasteiger partial charge in [-0.25, -0.2) is 0 Å². The molecular weight excluding hydrogens is 252 g/mol. The van der Waals surface area contributed by atoms with Gasteiger partial charge in [-0.3, -0.25) is 0 Å². The summed E-state index contributed by atoms with van der Waals surface area (Å²) in [6.45, 7) is 0.0433. The zero-order chi connectivity index (χ0) is 13.8. The molecule has 1 saturated heterocycles. The standard InChI is InChI=1S/C13H18O6/c1-17-8-2-4-9(5-3-8)18-7-11-13(16)10(14)6-12(15)19-11/h2-5,10-16H,6-7H2,1H3/t10-,11+,12-,13-/m0/s1. The highest BCUT2D eigenvalue weighted by Crippen LogP contribution is 2.21. The largest absolute Gasteiger partial charge is 0.497 e. The molecule has 1 fully saturated rings. The first kappa shape index (κ1) is 14.1. The number of benzene rings is 1. The summed E-state index contributed by atoms with van der Waals surface area (Å²) in [6, 6.07) is 6.94. The lowest BCUT2D eigenvalue weighted by molar-refractivity contribution is -0.237. The van der Waals surface area contributed by atoms with Gasteiger partial charge in [-0.1, -0.05) is 0 Å². The fourth-order valence-corrected chi connectivity index (χ4v) is 1.92. The van der Waals surface area contributed by atoms with Gasteiger partial charge >= 0.3 is 0 Å². The van der Waals surface area contributed by atoms with Gasteiger partial charge in [-0.05, 0) is 24.3 Å². The molecule has 2 rings (SSSR count). The molecule has 6 nitrogen and oxygen atoms in total. The second kappa shape index (κ2) is 6.21. The summed E-state index contributed by atoms with van der Waals surface area (Å²) in [6.07, 6.45) is -3.92. The van der Waals surface area contributed by atoms with Crippen LogP contribution in [-0.2, 0) is 4.74 Å². The Morgan fingerprint density at radius 1 is 1.16 bits per heavy atom. The lowest BCUT2D eigenvalue weighted by atomic mass is 10.0. The summed E-state index contributed by atoms with van der Waals surface area (Å²) >= 11 is 0. The van der Waals surface area contributed by atoms with Crippen LogP contribution < -0.4 is 9.47 Å². The number of hydrogen-bond acceptors (Lipinski definition) is 6. The third-order valence-corrected chi connectivity index (χ3v) is 3.02. The van der Waals surface area contributed by atoms with Gasteiger partial charge in [0.2, 0.25) is 0 Å². The van der Waals surface area contributed by atoms with Crippen LogP contribution in [0.5, 0.6) is 11.5 Å². The molecule has 3 N–H and O–H groups in total. The Labute approximate surface area is 111 Å². The molecule has 6 heteroatoms. The lowest BCUT2D eigenvalue weighted by Gasteiger charge is -2.34. The highest BCUT2D eigenvalue weighted by molar-refractivity contribution is 5.31. The minimum Gasteiger partial charge on any atom is -0.497 e. The van der Waals surface area contributed by atoms with Crippen LogP contribution in [0.2, 0.25) is 0 Å².